The SMILES string of the molecule is CSC(C)CNC(=O)c1ccn(C2CCCNC2)n1.Cl. The average molecular weight is 319 g/mol. The number of hydrogen-bond donors (Lipinski definition) is 2. The highest BCUT2D eigenvalue weighted by Gasteiger charge is 2.17. The van der Waals surface area contributed by atoms with Crippen molar-refractivity contribution in [1.82, 2.24) is 20.4 Å². The molecular weight excluding hydrogens is 296 g/mol. The number of rotatable bonds is 5. The molecule has 114 valence electrons. The van der Waals surface area contributed by atoms with Crippen LogP contribution in [-0.2, 0) is 0 Å². The zero-order chi connectivity index (χ0) is 13.7. The van der Waals surface area contributed by atoms with E-state index < -0.39 is 0 Å². The topological polar surface area (TPSA) is 59.0 Å². The average Bonchev–Trinajstić information content (AvgIpc) is 2.95. The summed E-state index contributed by atoms with van der Waals surface area (Å²) in [4.78, 5) is 11.9. The summed E-state index contributed by atoms with van der Waals surface area (Å²) < 4.78 is 1.92. The third kappa shape index (κ3) is 4.68. The Balaban J connectivity index is 0.00000200. The Morgan fingerprint density at radius 1 is 1.70 bits per heavy atom. The quantitative estimate of drug-likeness (QED) is 0.868. The molecule has 2 heterocycles. The van der Waals surface area contributed by atoms with Crippen molar-refractivity contribution < 1.29 is 4.79 Å². The van der Waals surface area contributed by atoms with E-state index in [1.807, 2.05) is 17.1 Å². The molecule has 0 saturated carbocycles. The maximum absolute atomic E-state index is 11.9. The number of thioether (sulfide) groups is 1. The van der Waals surface area contributed by atoms with E-state index in [2.05, 4.69) is 22.7 Å². The van der Waals surface area contributed by atoms with Crippen molar-refractivity contribution in [3.05, 3.63) is 18.0 Å². The molecule has 1 saturated heterocycles. The fraction of sp³-hybridized carbons (Fsp3) is 0.692. The number of carbonyl (C=O) groups excluding carboxylic acids is 1. The minimum Gasteiger partial charge on any atom is -0.350 e. The molecule has 2 atom stereocenters. The first-order valence-corrected chi connectivity index (χ1v) is 8.06. The molecule has 1 aliphatic rings. The van der Waals surface area contributed by atoms with Crippen LogP contribution < -0.4 is 10.6 Å². The highest BCUT2D eigenvalue weighted by atomic mass is 35.5. The first kappa shape index (κ1) is 17.3. The molecule has 0 radical (unpaired) electrons. The van der Waals surface area contributed by atoms with E-state index in [9.17, 15) is 4.79 Å². The zero-order valence-corrected chi connectivity index (χ0v) is 13.6. The van der Waals surface area contributed by atoms with Crippen LogP contribution >= 0.6 is 24.2 Å². The Morgan fingerprint density at radius 3 is 3.15 bits per heavy atom. The van der Waals surface area contributed by atoms with Gasteiger partial charge in [0.05, 0.1) is 6.04 Å². The van der Waals surface area contributed by atoms with Gasteiger partial charge in [0, 0.05) is 24.5 Å². The molecule has 5 nitrogen and oxygen atoms in total. The lowest BCUT2D eigenvalue weighted by molar-refractivity contribution is 0.0948. The summed E-state index contributed by atoms with van der Waals surface area (Å²) in [6.45, 7) is 4.79. The standard InChI is InChI=1S/C13H22N4OS.ClH/c1-10(19-2)8-15-13(18)12-5-7-17(16-12)11-4-3-6-14-9-11;/h5,7,10-11,14H,3-4,6,8-9H2,1-2H3,(H,15,18);1H. The number of aromatic nitrogens is 2. The lowest BCUT2D eigenvalue weighted by Gasteiger charge is -2.22. The zero-order valence-electron chi connectivity index (χ0n) is 12.0. The minimum absolute atomic E-state index is 0. The van der Waals surface area contributed by atoms with Gasteiger partial charge < -0.3 is 10.6 Å². The molecule has 0 aliphatic carbocycles. The van der Waals surface area contributed by atoms with Crippen LogP contribution in [0.15, 0.2) is 12.3 Å². The van der Waals surface area contributed by atoms with Gasteiger partial charge in [0.25, 0.3) is 5.91 Å². The smallest absolute Gasteiger partial charge is 0.271 e. The summed E-state index contributed by atoms with van der Waals surface area (Å²) in [6, 6.07) is 2.17. The highest BCUT2D eigenvalue weighted by molar-refractivity contribution is 7.99. The molecule has 1 aromatic rings. The van der Waals surface area contributed by atoms with E-state index in [1.54, 1.807) is 17.8 Å². The third-order valence-corrected chi connectivity index (χ3v) is 4.41. The Morgan fingerprint density at radius 2 is 2.50 bits per heavy atom. The first-order chi connectivity index (χ1) is 9.20. The van der Waals surface area contributed by atoms with Gasteiger partial charge >= 0.3 is 0 Å². The van der Waals surface area contributed by atoms with Gasteiger partial charge in [-0.25, -0.2) is 0 Å². The summed E-state index contributed by atoms with van der Waals surface area (Å²) >= 11 is 1.74. The molecule has 2 N–H and O–H groups in total. The van der Waals surface area contributed by atoms with Crippen LogP contribution in [0.5, 0.6) is 0 Å². The lowest BCUT2D eigenvalue weighted by Crippen LogP contribution is -2.32. The van der Waals surface area contributed by atoms with Gasteiger partial charge in [0.15, 0.2) is 0 Å². The van der Waals surface area contributed by atoms with Crippen molar-refractivity contribution in [3.8, 4) is 0 Å². The number of amides is 1. The maximum atomic E-state index is 11.9. The summed E-state index contributed by atoms with van der Waals surface area (Å²) in [6.07, 6.45) is 6.24. The van der Waals surface area contributed by atoms with E-state index in [-0.39, 0.29) is 18.3 Å². The molecule has 1 aliphatic heterocycles. The molecule has 1 aromatic heterocycles. The van der Waals surface area contributed by atoms with E-state index >= 15 is 0 Å². The Labute approximate surface area is 130 Å². The summed E-state index contributed by atoms with van der Waals surface area (Å²) in [5.41, 5.74) is 0.513. The molecule has 7 heteroatoms. The molecule has 0 aromatic carbocycles. The van der Waals surface area contributed by atoms with Gasteiger partial charge in [-0.15, -0.1) is 12.4 Å². The van der Waals surface area contributed by atoms with E-state index in [0.717, 1.165) is 25.9 Å². The molecule has 2 unspecified atom stereocenters. The van der Waals surface area contributed by atoms with Crippen molar-refractivity contribution in [3.63, 3.8) is 0 Å². The Kier molecular flexibility index (Phi) is 7.40. The second kappa shape index (κ2) is 8.54. The summed E-state index contributed by atoms with van der Waals surface area (Å²) in [5, 5.41) is 11.1. The molecule has 20 heavy (non-hydrogen) atoms. The van der Waals surface area contributed by atoms with Crippen LogP contribution in [0.3, 0.4) is 0 Å². The van der Waals surface area contributed by atoms with Crippen LogP contribution in [0, 0.1) is 0 Å². The lowest BCUT2D eigenvalue weighted by atomic mass is 10.1. The first-order valence-electron chi connectivity index (χ1n) is 6.77. The molecule has 2 rings (SSSR count). The number of carbonyl (C=O) groups is 1. The number of nitrogens with one attached hydrogen (secondary N) is 2. The molecule has 1 amide bonds. The van der Waals surface area contributed by atoms with Crippen molar-refractivity contribution in [2.75, 3.05) is 25.9 Å². The van der Waals surface area contributed by atoms with Crippen molar-refractivity contribution >= 4 is 30.1 Å². The van der Waals surface area contributed by atoms with Crippen LogP contribution in [0.2, 0.25) is 0 Å². The van der Waals surface area contributed by atoms with Crippen LogP contribution in [0.1, 0.15) is 36.3 Å². The van der Waals surface area contributed by atoms with Crippen LogP contribution in [0.25, 0.3) is 0 Å². The van der Waals surface area contributed by atoms with Gasteiger partial charge in [-0.2, -0.15) is 16.9 Å². The van der Waals surface area contributed by atoms with Gasteiger partial charge in [0.2, 0.25) is 0 Å². The van der Waals surface area contributed by atoms with Crippen LogP contribution in [-0.4, -0.2) is 46.8 Å². The number of nitrogens with zero attached hydrogens (tertiary/aromatic N) is 2. The summed E-state index contributed by atoms with van der Waals surface area (Å²) in [7, 11) is 0. The van der Waals surface area contributed by atoms with E-state index in [1.165, 1.54) is 0 Å². The van der Waals surface area contributed by atoms with Crippen molar-refractivity contribution in [2.45, 2.75) is 31.1 Å². The van der Waals surface area contributed by atoms with Gasteiger partial charge in [-0.3, -0.25) is 9.48 Å². The van der Waals surface area contributed by atoms with Crippen LogP contribution in [0.4, 0.5) is 0 Å². The maximum Gasteiger partial charge on any atom is 0.271 e. The van der Waals surface area contributed by atoms with Gasteiger partial charge in [-0.05, 0) is 31.7 Å². The number of piperidine rings is 1. The molecule has 0 spiro atoms. The summed E-state index contributed by atoms with van der Waals surface area (Å²) in [5.74, 6) is -0.0802. The van der Waals surface area contributed by atoms with E-state index in [0.29, 0.717) is 23.5 Å². The minimum atomic E-state index is -0.0802. The Bertz CT molecular complexity index is 420. The predicted molar refractivity (Wildman–Crippen MR) is 85.9 cm³/mol. The van der Waals surface area contributed by atoms with Crippen molar-refractivity contribution in [2.24, 2.45) is 0 Å². The van der Waals surface area contributed by atoms with E-state index in [4.69, 9.17) is 0 Å². The van der Waals surface area contributed by atoms with Crippen molar-refractivity contribution in [1.29, 1.82) is 0 Å². The predicted octanol–water partition coefficient (Wildman–Crippen LogP) is 1.71. The monoisotopic (exact) mass is 318 g/mol. The molecule has 0 bridgehead atoms. The normalized spacial score (nSPS) is 20.0. The molecular formula is C13H23ClN4OS. The molecule has 1 fully saturated rings. The third-order valence-electron chi connectivity index (χ3n) is 3.44. The number of halogens is 1. The van der Waals surface area contributed by atoms with Gasteiger partial charge in [0.1, 0.15) is 5.69 Å². The highest BCUT2D eigenvalue weighted by Crippen LogP contribution is 2.15. The second-order valence-corrected chi connectivity index (χ2v) is 6.21. The van der Waals surface area contributed by atoms with Gasteiger partial charge in [-0.1, -0.05) is 6.92 Å². The number of hydrogen-bond acceptors (Lipinski definition) is 4. The largest absolute Gasteiger partial charge is 0.350 e. The second-order valence-electron chi connectivity index (χ2n) is 4.94. The Hall–Kier alpha value is -0.720. The fourth-order valence-corrected chi connectivity index (χ4v) is 2.38. The fourth-order valence-electron chi connectivity index (χ4n) is 2.13.